The maximum absolute atomic E-state index is 10.1. The first-order chi connectivity index (χ1) is 8.65. The van der Waals surface area contributed by atoms with Gasteiger partial charge in [-0.1, -0.05) is 46.3 Å². The Bertz CT molecular complexity index is 358. The Balaban J connectivity index is 1.94. The molecule has 1 aliphatic heterocycles. The summed E-state index contributed by atoms with van der Waals surface area (Å²) in [4.78, 5) is 4.93. The predicted octanol–water partition coefficient (Wildman–Crippen LogP) is 1.91. The van der Waals surface area contributed by atoms with Crippen molar-refractivity contribution in [3.8, 4) is 0 Å². The van der Waals surface area contributed by atoms with Crippen LogP contribution in [0.4, 0.5) is 0 Å². The Labute approximate surface area is 118 Å². The molecule has 0 aromatic heterocycles. The summed E-state index contributed by atoms with van der Waals surface area (Å²) < 4.78 is 0. The van der Waals surface area contributed by atoms with Gasteiger partial charge < -0.3 is 5.11 Å². The summed E-state index contributed by atoms with van der Waals surface area (Å²) in [5, 5.41) is 10.1. The first-order valence-corrected chi connectivity index (χ1v) is 7.39. The van der Waals surface area contributed by atoms with E-state index in [1.165, 1.54) is 5.56 Å². The number of aliphatic hydroxyl groups excluding tert-OH is 1. The van der Waals surface area contributed by atoms with Gasteiger partial charge in [0.2, 0.25) is 0 Å². The largest absolute Gasteiger partial charge is 0.390 e. The molecule has 0 amide bonds. The van der Waals surface area contributed by atoms with E-state index in [0.717, 1.165) is 32.7 Å². The molecule has 1 aromatic rings. The molecule has 0 spiro atoms. The molecule has 1 N–H and O–H groups in total. The molecule has 0 radical (unpaired) electrons. The van der Waals surface area contributed by atoms with E-state index in [2.05, 4.69) is 56.9 Å². The van der Waals surface area contributed by atoms with Crippen LogP contribution in [0.15, 0.2) is 30.3 Å². The van der Waals surface area contributed by atoms with Crippen LogP contribution < -0.4 is 0 Å². The Morgan fingerprint density at radius 1 is 1.28 bits per heavy atom. The molecule has 2 atom stereocenters. The molecule has 3 nitrogen and oxygen atoms in total. The maximum Gasteiger partial charge on any atom is 0.0794 e. The topological polar surface area (TPSA) is 26.7 Å². The normalized spacial score (nSPS) is 24.7. The van der Waals surface area contributed by atoms with Crippen molar-refractivity contribution < 1.29 is 5.11 Å². The van der Waals surface area contributed by atoms with Crippen LogP contribution in [0.3, 0.4) is 0 Å². The van der Waals surface area contributed by atoms with Crippen LogP contribution in [0, 0.1) is 0 Å². The fourth-order valence-corrected chi connectivity index (χ4v) is 2.76. The number of β-amino-alcohol motifs (C(OH)–C–C–N with tert-alkyl or cyclic N) is 1. The predicted molar refractivity (Wildman–Crippen MR) is 77.7 cm³/mol. The van der Waals surface area contributed by atoms with E-state index in [0.29, 0.717) is 4.95 Å². The van der Waals surface area contributed by atoms with Gasteiger partial charge in [-0.2, -0.15) is 0 Å². The molecular weight excluding hydrogens is 292 g/mol. The molecule has 1 fully saturated rings. The second-order valence-corrected chi connectivity index (χ2v) is 6.27. The Morgan fingerprint density at radius 2 is 2.00 bits per heavy atom. The van der Waals surface area contributed by atoms with E-state index in [9.17, 15) is 5.11 Å². The van der Waals surface area contributed by atoms with Crippen LogP contribution in [0.25, 0.3) is 0 Å². The molecule has 100 valence electrons. The van der Waals surface area contributed by atoms with Crippen molar-refractivity contribution in [3.05, 3.63) is 35.9 Å². The average molecular weight is 313 g/mol. The number of rotatable bonds is 3. The van der Waals surface area contributed by atoms with Gasteiger partial charge in [-0.25, -0.2) is 0 Å². The molecule has 1 heterocycles. The van der Waals surface area contributed by atoms with E-state index < -0.39 is 0 Å². The van der Waals surface area contributed by atoms with E-state index in [1.807, 2.05) is 6.07 Å². The number of halogens is 1. The molecular formula is C14H21BrN2O. The molecule has 4 heteroatoms. The Hall–Kier alpha value is -0.420. The molecule has 0 bridgehead atoms. The highest BCUT2D eigenvalue weighted by Crippen LogP contribution is 2.13. The molecule has 0 saturated carbocycles. The summed E-state index contributed by atoms with van der Waals surface area (Å²) >= 11 is 3.58. The lowest BCUT2D eigenvalue weighted by Crippen LogP contribution is -2.36. The maximum atomic E-state index is 10.1. The van der Waals surface area contributed by atoms with Crippen LogP contribution in [0.2, 0.25) is 0 Å². The third-order valence-electron chi connectivity index (χ3n) is 3.37. The van der Waals surface area contributed by atoms with Gasteiger partial charge in [0.15, 0.2) is 0 Å². The number of nitrogens with zero attached hydrogens (tertiary/aromatic N) is 2. The van der Waals surface area contributed by atoms with Gasteiger partial charge in [-0.3, -0.25) is 9.80 Å². The van der Waals surface area contributed by atoms with Crippen molar-refractivity contribution >= 4 is 15.9 Å². The van der Waals surface area contributed by atoms with Gasteiger partial charge >= 0.3 is 0 Å². The van der Waals surface area contributed by atoms with Crippen LogP contribution in [0.5, 0.6) is 0 Å². The van der Waals surface area contributed by atoms with E-state index in [4.69, 9.17) is 0 Å². The summed E-state index contributed by atoms with van der Waals surface area (Å²) in [6.45, 7) is 6.53. The zero-order chi connectivity index (χ0) is 13.0. The van der Waals surface area contributed by atoms with Gasteiger partial charge in [0.05, 0.1) is 11.1 Å². The fourth-order valence-electron chi connectivity index (χ4n) is 2.39. The van der Waals surface area contributed by atoms with Crippen molar-refractivity contribution in [3.63, 3.8) is 0 Å². The molecule has 0 aliphatic carbocycles. The van der Waals surface area contributed by atoms with Crippen molar-refractivity contribution in [1.82, 2.24) is 9.80 Å². The Morgan fingerprint density at radius 3 is 2.67 bits per heavy atom. The van der Waals surface area contributed by atoms with Crippen molar-refractivity contribution in [2.24, 2.45) is 0 Å². The Kier molecular flexibility index (Phi) is 5.18. The zero-order valence-electron chi connectivity index (χ0n) is 10.8. The summed E-state index contributed by atoms with van der Waals surface area (Å²) in [7, 11) is 0. The number of alkyl halides is 1. The number of aliphatic hydroxyl groups is 1. The van der Waals surface area contributed by atoms with Gasteiger partial charge in [0, 0.05) is 32.7 Å². The summed E-state index contributed by atoms with van der Waals surface area (Å²) in [5.74, 6) is 0. The third-order valence-corrected chi connectivity index (χ3v) is 3.95. The highest BCUT2D eigenvalue weighted by Gasteiger charge is 2.23. The van der Waals surface area contributed by atoms with Crippen molar-refractivity contribution in [2.75, 3.05) is 26.2 Å². The van der Waals surface area contributed by atoms with Gasteiger partial charge in [0.1, 0.15) is 0 Å². The number of hydrogen-bond acceptors (Lipinski definition) is 3. The van der Waals surface area contributed by atoms with Gasteiger partial charge in [0.25, 0.3) is 0 Å². The molecule has 1 aromatic carbocycles. The highest BCUT2D eigenvalue weighted by molar-refractivity contribution is 9.09. The van der Waals surface area contributed by atoms with E-state index in [-0.39, 0.29) is 6.10 Å². The van der Waals surface area contributed by atoms with Crippen LogP contribution in [-0.2, 0) is 6.54 Å². The minimum absolute atomic E-state index is 0.267. The number of benzene rings is 1. The first-order valence-electron chi connectivity index (χ1n) is 6.47. The molecule has 2 rings (SSSR count). The minimum atomic E-state index is -0.267. The van der Waals surface area contributed by atoms with Gasteiger partial charge in [-0.05, 0) is 12.5 Å². The lowest BCUT2D eigenvalue weighted by atomic mass is 10.2. The third kappa shape index (κ3) is 4.05. The smallest absolute Gasteiger partial charge is 0.0794 e. The summed E-state index contributed by atoms with van der Waals surface area (Å²) in [5.41, 5.74) is 1.31. The first kappa shape index (κ1) is 14.0. The highest BCUT2D eigenvalue weighted by atomic mass is 79.9. The SMILES string of the molecule is CC(Br)N1CCN(Cc2ccccc2)CC(O)C1. The van der Waals surface area contributed by atoms with Crippen LogP contribution in [0.1, 0.15) is 12.5 Å². The quantitative estimate of drug-likeness (QED) is 0.682. The molecule has 1 aliphatic rings. The molecule has 2 unspecified atom stereocenters. The fraction of sp³-hybridized carbons (Fsp3) is 0.571. The zero-order valence-corrected chi connectivity index (χ0v) is 12.4. The van der Waals surface area contributed by atoms with Crippen molar-refractivity contribution in [1.29, 1.82) is 0 Å². The van der Waals surface area contributed by atoms with Gasteiger partial charge in [-0.15, -0.1) is 0 Å². The lowest BCUT2D eigenvalue weighted by molar-refractivity contribution is 0.107. The van der Waals surface area contributed by atoms with E-state index in [1.54, 1.807) is 0 Å². The second-order valence-electron chi connectivity index (χ2n) is 4.94. The standard InChI is InChI=1S/C14H21BrN2O/c1-12(15)17-8-7-16(10-14(18)11-17)9-13-5-3-2-4-6-13/h2-6,12,14,18H,7-11H2,1H3. The number of hydrogen-bond donors (Lipinski definition) is 1. The van der Waals surface area contributed by atoms with Crippen LogP contribution >= 0.6 is 15.9 Å². The van der Waals surface area contributed by atoms with Crippen molar-refractivity contribution in [2.45, 2.75) is 24.5 Å². The summed E-state index contributed by atoms with van der Waals surface area (Å²) in [6, 6.07) is 10.5. The van der Waals surface area contributed by atoms with E-state index >= 15 is 0 Å². The van der Waals surface area contributed by atoms with Crippen LogP contribution in [-0.4, -0.2) is 52.1 Å². The molecule has 18 heavy (non-hydrogen) atoms. The molecule has 1 saturated heterocycles. The monoisotopic (exact) mass is 312 g/mol. The average Bonchev–Trinajstić information content (AvgIpc) is 2.52. The second kappa shape index (κ2) is 6.66. The lowest BCUT2D eigenvalue weighted by Gasteiger charge is -2.23. The minimum Gasteiger partial charge on any atom is -0.390 e. The summed E-state index contributed by atoms with van der Waals surface area (Å²) in [6.07, 6.45) is -0.267.